The molecule has 3 N–H and O–H groups in total. The van der Waals surface area contributed by atoms with Crippen LogP contribution >= 0.6 is 0 Å². The number of sulfonamides is 1. The predicted molar refractivity (Wildman–Crippen MR) is 73.4 cm³/mol. The number of likely N-dealkylation sites (N-methyl/N-ethyl adjacent to an activating group) is 1. The molecule has 2 unspecified atom stereocenters. The maximum Gasteiger partial charge on any atom is 0.267 e. The molecule has 122 valence electrons. The number of rotatable bonds is 9. The molecule has 0 aromatic carbocycles. The standard InChI is InChI=1S/C9H22N2O7S2/c1-10(2)4-8(12)5-11(19(3,14)15)6-9(13)7-20(16,17)18/h8-9,12-13H,4-7H2,1-3H3,(H,16,17,18). The van der Waals surface area contributed by atoms with Crippen LogP contribution in [0.2, 0.25) is 0 Å². The quantitative estimate of drug-likeness (QED) is 0.391. The summed E-state index contributed by atoms with van der Waals surface area (Å²) in [4.78, 5) is 1.65. The maximum atomic E-state index is 11.5. The Balaban J connectivity index is 4.76. The van der Waals surface area contributed by atoms with Gasteiger partial charge in [0, 0.05) is 19.6 Å². The summed E-state index contributed by atoms with van der Waals surface area (Å²) in [5, 5.41) is 19.2. The van der Waals surface area contributed by atoms with Crippen LogP contribution in [0.15, 0.2) is 0 Å². The Bertz CT molecular complexity index is 488. The molecular weight excluding hydrogens is 312 g/mol. The number of hydrogen-bond acceptors (Lipinski definition) is 7. The summed E-state index contributed by atoms with van der Waals surface area (Å²) >= 11 is 0. The summed E-state index contributed by atoms with van der Waals surface area (Å²) in [6, 6.07) is 0. The zero-order valence-corrected chi connectivity index (χ0v) is 13.3. The Morgan fingerprint density at radius 3 is 1.75 bits per heavy atom. The van der Waals surface area contributed by atoms with Crippen LogP contribution in [-0.2, 0) is 20.1 Å². The molecule has 0 rings (SSSR count). The molecule has 0 saturated carbocycles. The maximum absolute atomic E-state index is 11.5. The topological polar surface area (TPSA) is 135 Å². The molecule has 0 bridgehead atoms. The summed E-state index contributed by atoms with van der Waals surface area (Å²) in [6.45, 7) is -0.594. The van der Waals surface area contributed by atoms with Crippen LogP contribution in [0.5, 0.6) is 0 Å². The molecule has 0 aliphatic carbocycles. The van der Waals surface area contributed by atoms with E-state index < -0.39 is 44.6 Å². The number of nitrogens with zero attached hydrogens (tertiary/aromatic N) is 2. The molecule has 9 nitrogen and oxygen atoms in total. The average molecular weight is 334 g/mol. The van der Waals surface area contributed by atoms with Crippen LogP contribution in [0.3, 0.4) is 0 Å². The van der Waals surface area contributed by atoms with Crippen LogP contribution in [0, 0.1) is 0 Å². The third-order valence-electron chi connectivity index (χ3n) is 2.28. The summed E-state index contributed by atoms with van der Waals surface area (Å²) in [6.07, 6.45) is -1.68. The van der Waals surface area contributed by atoms with E-state index in [2.05, 4.69) is 0 Å². The first kappa shape index (κ1) is 19.7. The van der Waals surface area contributed by atoms with Crippen molar-refractivity contribution in [1.29, 1.82) is 0 Å². The fourth-order valence-electron chi connectivity index (χ4n) is 1.59. The van der Waals surface area contributed by atoms with Crippen molar-refractivity contribution in [1.82, 2.24) is 9.21 Å². The molecule has 0 heterocycles. The average Bonchev–Trinajstić information content (AvgIpc) is 2.09. The molecule has 0 fully saturated rings. The summed E-state index contributed by atoms with van der Waals surface area (Å²) in [5.41, 5.74) is 0. The number of hydrogen-bond donors (Lipinski definition) is 3. The van der Waals surface area contributed by atoms with E-state index in [1.54, 1.807) is 19.0 Å². The van der Waals surface area contributed by atoms with Gasteiger partial charge in [-0.2, -0.15) is 12.7 Å². The second kappa shape index (κ2) is 7.64. The van der Waals surface area contributed by atoms with E-state index in [0.717, 1.165) is 10.6 Å². The van der Waals surface area contributed by atoms with E-state index in [0.29, 0.717) is 0 Å². The molecule has 0 saturated heterocycles. The number of aliphatic hydroxyl groups excluding tert-OH is 2. The van der Waals surface area contributed by atoms with Crippen molar-refractivity contribution in [3.8, 4) is 0 Å². The molecule has 0 aliphatic heterocycles. The highest BCUT2D eigenvalue weighted by molar-refractivity contribution is 7.88. The fraction of sp³-hybridized carbons (Fsp3) is 1.00. The molecule has 0 aromatic heterocycles. The number of aliphatic hydroxyl groups is 2. The molecule has 0 spiro atoms. The highest BCUT2D eigenvalue weighted by Gasteiger charge is 2.25. The molecule has 0 aliphatic rings. The summed E-state index contributed by atoms with van der Waals surface area (Å²) < 4.78 is 53.7. The van der Waals surface area contributed by atoms with Gasteiger partial charge in [0.2, 0.25) is 10.0 Å². The molecule has 0 aromatic rings. The van der Waals surface area contributed by atoms with Crippen molar-refractivity contribution in [2.45, 2.75) is 12.2 Å². The minimum absolute atomic E-state index is 0.209. The van der Waals surface area contributed by atoms with E-state index in [9.17, 15) is 27.0 Å². The van der Waals surface area contributed by atoms with Crippen molar-refractivity contribution in [2.75, 3.05) is 45.7 Å². The molecular formula is C9H22N2O7S2. The molecule has 11 heteroatoms. The van der Waals surface area contributed by atoms with E-state index in [4.69, 9.17) is 4.55 Å². The van der Waals surface area contributed by atoms with Crippen LogP contribution in [0.1, 0.15) is 0 Å². The lowest BCUT2D eigenvalue weighted by Crippen LogP contribution is -2.45. The van der Waals surface area contributed by atoms with E-state index in [-0.39, 0.29) is 13.1 Å². The van der Waals surface area contributed by atoms with Crippen molar-refractivity contribution in [3.05, 3.63) is 0 Å². The fourth-order valence-corrected chi connectivity index (χ4v) is 3.07. The van der Waals surface area contributed by atoms with Crippen LogP contribution in [0.25, 0.3) is 0 Å². The Morgan fingerprint density at radius 1 is 0.950 bits per heavy atom. The van der Waals surface area contributed by atoms with Gasteiger partial charge in [-0.25, -0.2) is 8.42 Å². The van der Waals surface area contributed by atoms with Gasteiger partial charge in [-0.3, -0.25) is 4.55 Å². The monoisotopic (exact) mass is 334 g/mol. The van der Waals surface area contributed by atoms with Gasteiger partial charge in [0.15, 0.2) is 0 Å². The second-order valence-electron chi connectivity index (χ2n) is 4.90. The smallest absolute Gasteiger partial charge is 0.267 e. The third kappa shape index (κ3) is 9.58. The van der Waals surface area contributed by atoms with Gasteiger partial charge in [-0.1, -0.05) is 0 Å². The predicted octanol–water partition coefficient (Wildman–Crippen LogP) is -2.58. The van der Waals surface area contributed by atoms with Gasteiger partial charge >= 0.3 is 0 Å². The van der Waals surface area contributed by atoms with Crippen molar-refractivity contribution < 1.29 is 31.6 Å². The van der Waals surface area contributed by atoms with Gasteiger partial charge < -0.3 is 15.1 Å². The highest BCUT2D eigenvalue weighted by Crippen LogP contribution is 2.04. The van der Waals surface area contributed by atoms with Gasteiger partial charge in [0.05, 0.1) is 18.5 Å². The van der Waals surface area contributed by atoms with E-state index in [1.165, 1.54) is 0 Å². The summed E-state index contributed by atoms with van der Waals surface area (Å²) in [5.74, 6) is -0.969. The zero-order valence-electron chi connectivity index (χ0n) is 11.7. The Labute approximate surface area is 119 Å². The van der Waals surface area contributed by atoms with Crippen molar-refractivity contribution >= 4 is 20.1 Å². The second-order valence-corrected chi connectivity index (χ2v) is 8.38. The van der Waals surface area contributed by atoms with Gasteiger partial charge in [-0.15, -0.1) is 0 Å². The van der Waals surface area contributed by atoms with Crippen molar-refractivity contribution in [2.24, 2.45) is 0 Å². The minimum atomic E-state index is -4.40. The largest absolute Gasteiger partial charge is 0.391 e. The Morgan fingerprint density at radius 2 is 1.40 bits per heavy atom. The lowest BCUT2D eigenvalue weighted by Gasteiger charge is -2.26. The first-order valence-electron chi connectivity index (χ1n) is 5.72. The van der Waals surface area contributed by atoms with Crippen LogP contribution in [0.4, 0.5) is 0 Å². The van der Waals surface area contributed by atoms with E-state index in [1.807, 2.05) is 0 Å². The first-order chi connectivity index (χ1) is 8.81. The lowest BCUT2D eigenvalue weighted by atomic mass is 10.3. The van der Waals surface area contributed by atoms with Crippen molar-refractivity contribution in [3.63, 3.8) is 0 Å². The Hall–Kier alpha value is -0.300. The third-order valence-corrected chi connectivity index (χ3v) is 4.32. The van der Waals surface area contributed by atoms with Gasteiger partial charge in [0.25, 0.3) is 10.1 Å². The van der Waals surface area contributed by atoms with Gasteiger partial charge in [0.1, 0.15) is 5.75 Å². The van der Waals surface area contributed by atoms with Crippen LogP contribution < -0.4 is 0 Å². The van der Waals surface area contributed by atoms with Crippen LogP contribution in [-0.4, -0.2) is 98.8 Å². The highest BCUT2D eigenvalue weighted by atomic mass is 32.2. The van der Waals surface area contributed by atoms with Gasteiger partial charge in [-0.05, 0) is 14.1 Å². The molecule has 0 amide bonds. The molecule has 2 atom stereocenters. The molecule has 20 heavy (non-hydrogen) atoms. The zero-order chi connectivity index (χ0) is 16.1. The lowest BCUT2D eigenvalue weighted by molar-refractivity contribution is 0.0968. The normalized spacial score (nSPS) is 16.6. The minimum Gasteiger partial charge on any atom is -0.391 e. The summed E-state index contributed by atoms with van der Waals surface area (Å²) in [7, 11) is -4.74. The first-order valence-corrected chi connectivity index (χ1v) is 9.18. The Kier molecular flexibility index (Phi) is 7.52. The van der Waals surface area contributed by atoms with E-state index >= 15 is 0 Å². The molecule has 0 radical (unpaired) electrons. The SMILES string of the molecule is CN(C)CC(O)CN(CC(O)CS(=O)(=O)O)S(C)(=O)=O.